The lowest BCUT2D eigenvalue weighted by Crippen LogP contribution is -2.38. The van der Waals surface area contributed by atoms with Crippen molar-refractivity contribution < 1.29 is 19.4 Å². The molecule has 1 fully saturated rings. The van der Waals surface area contributed by atoms with E-state index in [4.69, 9.17) is 20.0 Å². The van der Waals surface area contributed by atoms with Gasteiger partial charge in [-0.15, -0.1) is 0 Å². The van der Waals surface area contributed by atoms with E-state index in [1.54, 1.807) is 14.2 Å². The zero-order valence-corrected chi connectivity index (χ0v) is 15.8. The molecule has 1 heterocycles. The van der Waals surface area contributed by atoms with E-state index in [9.17, 15) is 5.11 Å². The second-order valence-corrected chi connectivity index (χ2v) is 6.58. The molecular weight excluding hydrogens is 334 g/mol. The van der Waals surface area contributed by atoms with Crippen molar-refractivity contribution in [3.8, 4) is 11.5 Å². The summed E-state index contributed by atoms with van der Waals surface area (Å²) in [5.41, 5.74) is 6.97. The second-order valence-electron chi connectivity index (χ2n) is 6.58. The Hall–Kier alpha value is -1.99. The predicted octanol–water partition coefficient (Wildman–Crippen LogP) is 1.77. The molecule has 3 N–H and O–H groups in total. The molecule has 0 aromatic heterocycles. The summed E-state index contributed by atoms with van der Waals surface area (Å²) < 4.78 is 10.5. The Bertz CT molecular complexity index is 574. The van der Waals surface area contributed by atoms with E-state index in [1.807, 2.05) is 18.2 Å². The lowest BCUT2D eigenvalue weighted by atomic mass is 10.1. The number of ether oxygens (including phenoxy) is 2. The number of aryl methyl sites for hydroxylation is 1. The molecule has 1 aromatic rings. The van der Waals surface area contributed by atoms with Crippen LogP contribution in [-0.2, 0) is 11.3 Å². The van der Waals surface area contributed by atoms with Gasteiger partial charge in [0.05, 0.1) is 14.2 Å². The first-order chi connectivity index (χ1) is 12.6. The van der Waals surface area contributed by atoms with Crippen LogP contribution in [0.15, 0.2) is 23.4 Å². The standard InChI is InChI=1S/C19H31N3O4/c1-24-17-8-6-15(12-18(17)25-2)7-9-19(20)21-26-14-16(23)13-22-10-4-3-5-11-22/h6,8,12,16,23H,3-5,7,9-11,13-14H2,1-2H3,(H2,20,21). The first kappa shape index (κ1) is 20.3. The van der Waals surface area contributed by atoms with Gasteiger partial charge < -0.3 is 30.1 Å². The molecule has 7 heteroatoms. The van der Waals surface area contributed by atoms with Crippen molar-refractivity contribution >= 4 is 5.84 Å². The first-order valence-corrected chi connectivity index (χ1v) is 9.18. The summed E-state index contributed by atoms with van der Waals surface area (Å²) in [6.45, 7) is 2.89. The number of hydrogen-bond donors (Lipinski definition) is 2. The molecule has 26 heavy (non-hydrogen) atoms. The molecule has 1 atom stereocenters. The fraction of sp³-hybridized carbons (Fsp3) is 0.632. The minimum absolute atomic E-state index is 0.160. The van der Waals surface area contributed by atoms with Crippen LogP contribution in [0.5, 0.6) is 11.5 Å². The molecule has 0 amide bonds. The summed E-state index contributed by atoms with van der Waals surface area (Å²) in [4.78, 5) is 7.48. The van der Waals surface area contributed by atoms with Crippen molar-refractivity contribution in [2.45, 2.75) is 38.2 Å². The Morgan fingerprint density at radius 3 is 2.62 bits per heavy atom. The van der Waals surface area contributed by atoms with Crippen LogP contribution in [0.2, 0.25) is 0 Å². The van der Waals surface area contributed by atoms with Crippen molar-refractivity contribution in [2.75, 3.05) is 40.5 Å². The monoisotopic (exact) mass is 365 g/mol. The highest BCUT2D eigenvalue weighted by Gasteiger charge is 2.15. The third kappa shape index (κ3) is 6.72. The van der Waals surface area contributed by atoms with E-state index in [-0.39, 0.29) is 6.61 Å². The molecule has 1 aliphatic heterocycles. The zero-order valence-electron chi connectivity index (χ0n) is 15.8. The summed E-state index contributed by atoms with van der Waals surface area (Å²) in [6, 6.07) is 5.77. The number of piperidine rings is 1. The smallest absolute Gasteiger partial charge is 0.160 e. The van der Waals surface area contributed by atoms with Crippen molar-refractivity contribution in [1.82, 2.24) is 4.90 Å². The van der Waals surface area contributed by atoms with Gasteiger partial charge in [0.15, 0.2) is 11.5 Å². The molecule has 1 unspecified atom stereocenters. The Labute approximate surface area is 155 Å². The number of rotatable bonds is 10. The van der Waals surface area contributed by atoms with Crippen molar-refractivity contribution in [2.24, 2.45) is 10.9 Å². The Kier molecular flexibility index (Phi) is 8.50. The van der Waals surface area contributed by atoms with E-state index in [0.717, 1.165) is 25.1 Å². The maximum absolute atomic E-state index is 10.0. The Balaban J connectivity index is 1.70. The van der Waals surface area contributed by atoms with Gasteiger partial charge in [0.1, 0.15) is 18.5 Å². The summed E-state index contributed by atoms with van der Waals surface area (Å²) in [5.74, 6) is 1.80. The maximum atomic E-state index is 10.0. The third-order valence-electron chi connectivity index (χ3n) is 4.48. The molecule has 2 rings (SSSR count). The van der Waals surface area contributed by atoms with Crippen LogP contribution in [-0.4, -0.2) is 62.4 Å². The molecule has 1 aliphatic rings. The van der Waals surface area contributed by atoms with Gasteiger partial charge in [0.2, 0.25) is 0 Å². The SMILES string of the molecule is COc1ccc(CCC(N)=NOCC(O)CN2CCCCC2)cc1OC. The highest BCUT2D eigenvalue weighted by molar-refractivity contribution is 5.79. The van der Waals surface area contributed by atoms with Gasteiger partial charge in [0.25, 0.3) is 0 Å². The van der Waals surface area contributed by atoms with Crippen LogP contribution in [0.25, 0.3) is 0 Å². The number of methoxy groups -OCH3 is 2. The van der Waals surface area contributed by atoms with Crippen molar-refractivity contribution in [1.29, 1.82) is 0 Å². The van der Waals surface area contributed by atoms with E-state index in [1.165, 1.54) is 19.3 Å². The minimum atomic E-state index is -0.546. The summed E-state index contributed by atoms with van der Waals surface area (Å²) in [7, 11) is 3.22. The minimum Gasteiger partial charge on any atom is -0.493 e. The number of amidine groups is 1. The zero-order chi connectivity index (χ0) is 18.8. The number of hydrogen-bond acceptors (Lipinski definition) is 6. The van der Waals surface area contributed by atoms with Gasteiger partial charge in [-0.3, -0.25) is 0 Å². The molecular formula is C19H31N3O4. The summed E-state index contributed by atoms with van der Waals surface area (Å²) >= 11 is 0. The Morgan fingerprint density at radius 1 is 1.19 bits per heavy atom. The van der Waals surface area contributed by atoms with Gasteiger partial charge in [0, 0.05) is 13.0 Å². The van der Waals surface area contributed by atoms with Crippen LogP contribution < -0.4 is 15.2 Å². The average Bonchev–Trinajstić information content (AvgIpc) is 2.66. The number of nitrogens with two attached hydrogens (primary N) is 1. The number of β-amino-alcohol motifs (C(OH)–C–C–N with tert-alkyl or cyclic N) is 1. The van der Waals surface area contributed by atoms with Gasteiger partial charge in [-0.25, -0.2) is 0 Å². The summed E-state index contributed by atoms with van der Waals surface area (Å²) in [6.07, 6.45) is 4.43. The van der Waals surface area contributed by atoms with Gasteiger partial charge in [-0.2, -0.15) is 0 Å². The lowest BCUT2D eigenvalue weighted by Gasteiger charge is -2.27. The Morgan fingerprint density at radius 2 is 1.92 bits per heavy atom. The fourth-order valence-corrected chi connectivity index (χ4v) is 3.05. The molecule has 0 saturated carbocycles. The number of nitrogens with zero attached hydrogens (tertiary/aromatic N) is 2. The molecule has 1 aromatic carbocycles. The van der Waals surface area contributed by atoms with E-state index < -0.39 is 6.10 Å². The summed E-state index contributed by atoms with van der Waals surface area (Å²) in [5, 5.41) is 13.9. The van der Waals surface area contributed by atoms with E-state index in [0.29, 0.717) is 30.3 Å². The van der Waals surface area contributed by atoms with E-state index >= 15 is 0 Å². The van der Waals surface area contributed by atoms with Gasteiger partial charge >= 0.3 is 0 Å². The molecule has 7 nitrogen and oxygen atoms in total. The molecule has 0 radical (unpaired) electrons. The van der Waals surface area contributed by atoms with Crippen molar-refractivity contribution in [3.63, 3.8) is 0 Å². The average molecular weight is 365 g/mol. The number of aliphatic hydroxyl groups excluding tert-OH is 1. The van der Waals surface area contributed by atoms with Crippen LogP contribution in [0.1, 0.15) is 31.2 Å². The van der Waals surface area contributed by atoms with Crippen molar-refractivity contribution in [3.05, 3.63) is 23.8 Å². The molecule has 0 aliphatic carbocycles. The number of oxime groups is 1. The quantitative estimate of drug-likeness (QED) is 0.373. The first-order valence-electron chi connectivity index (χ1n) is 9.18. The fourth-order valence-electron chi connectivity index (χ4n) is 3.05. The van der Waals surface area contributed by atoms with Crippen LogP contribution in [0, 0.1) is 0 Å². The van der Waals surface area contributed by atoms with Crippen LogP contribution >= 0.6 is 0 Å². The maximum Gasteiger partial charge on any atom is 0.160 e. The number of likely N-dealkylation sites (tertiary alicyclic amines) is 1. The molecule has 0 bridgehead atoms. The largest absolute Gasteiger partial charge is 0.493 e. The number of benzene rings is 1. The highest BCUT2D eigenvalue weighted by atomic mass is 16.6. The van der Waals surface area contributed by atoms with Crippen LogP contribution in [0.3, 0.4) is 0 Å². The number of aliphatic hydroxyl groups is 1. The predicted molar refractivity (Wildman–Crippen MR) is 102 cm³/mol. The second kappa shape index (κ2) is 10.9. The van der Waals surface area contributed by atoms with Gasteiger partial charge in [-0.1, -0.05) is 17.6 Å². The lowest BCUT2D eigenvalue weighted by molar-refractivity contribution is 0.0155. The highest BCUT2D eigenvalue weighted by Crippen LogP contribution is 2.27. The third-order valence-corrected chi connectivity index (χ3v) is 4.48. The molecule has 146 valence electrons. The van der Waals surface area contributed by atoms with Crippen LogP contribution in [0.4, 0.5) is 0 Å². The molecule has 1 saturated heterocycles. The van der Waals surface area contributed by atoms with E-state index in [2.05, 4.69) is 10.1 Å². The topological polar surface area (TPSA) is 89.5 Å². The normalized spacial score (nSPS) is 17.0. The molecule has 0 spiro atoms. The van der Waals surface area contributed by atoms with Gasteiger partial charge in [-0.05, 0) is 50.0 Å².